The second-order valence-corrected chi connectivity index (χ2v) is 9.91. The van der Waals surface area contributed by atoms with Gasteiger partial charge in [-0.2, -0.15) is 11.8 Å². The van der Waals surface area contributed by atoms with E-state index in [1.165, 1.54) is 47.8 Å². The summed E-state index contributed by atoms with van der Waals surface area (Å²) in [6.07, 6.45) is 3.23. The van der Waals surface area contributed by atoms with Crippen LogP contribution >= 0.6 is 23.5 Å². The van der Waals surface area contributed by atoms with Crippen molar-refractivity contribution < 1.29 is 34.2 Å². The number of nitrogens with zero attached hydrogens (tertiary/aromatic N) is 2. The van der Waals surface area contributed by atoms with Crippen molar-refractivity contribution in [2.45, 2.75) is 37.0 Å². The maximum absolute atomic E-state index is 12.9. The Labute approximate surface area is 210 Å². The van der Waals surface area contributed by atoms with Gasteiger partial charge in [0.1, 0.15) is 12.6 Å². The van der Waals surface area contributed by atoms with Crippen LogP contribution in [0.25, 0.3) is 0 Å². The van der Waals surface area contributed by atoms with Gasteiger partial charge in [-0.3, -0.25) is 24.2 Å². The lowest BCUT2D eigenvalue weighted by Crippen LogP contribution is -2.32. The van der Waals surface area contributed by atoms with Crippen LogP contribution in [-0.4, -0.2) is 81.3 Å². The van der Waals surface area contributed by atoms with Crippen molar-refractivity contribution in [2.24, 2.45) is 10.7 Å². The van der Waals surface area contributed by atoms with Crippen molar-refractivity contribution in [2.75, 3.05) is 29.2 Å². The number of amidine groups is 1. The number of thioether (sulfide) groups is 2. The standard InChI is InChI=1S/C22H28N4O7S2/c1-34-9-7-15(22(32)33)25-17(23)6-3-8-35-16-11-18(27)26(21(16)31)14-5-2-4-13(10-14)20(30)24-12-19(28)29/h2,4-5,10,15-16H,3,6-9,11-12H2,1H3,(H2,23,25)(H,24,30)(H,28,29)(H,32,33)/t15-,16+/m0/s1. The Balaban J connectivity index is 1.91. The van der Waals surface area contributed by atoms with Gasteiger partial charge in [0, 0.05) is 18.4 Å². The zero-order valence-corrected chi connectivity index (χ0v) is 20.8. The Bertz CT molecular complexity index is 1000. The van der Waals surface area contributed by atoms with Crippen molar-refractivity contribution in [1.82, 2.24) is 5.32 Å². The van der Waals surface area contributed by atoms with E-state index in [0.29, 0.717) is 30.8 Å². The van der Waals surface area contributed by atoms with E-state index in [4.69, 9.17) is 10.8 Å². The molecule has 1 aromatic rings. The topological polar surface area (TPSA) is 179 Å². The predicted octanol–water partition coefficient (Wildman–Crippen LogP) is 1.21. The third-order valence-electron chi connectivity index (χ3n) is 4.97. The second-order valence-electron chi connectivity index (χ2n) is 7.62. The van der Waals surface area contributed by atoms with Gasteiger partial charge in [0.15, 0.2) is 0 Å². The monoisotopic (exact) mass is 524 g/mol. The molecule has 0 aromatic heterocycles. The number of hydrogen-bond donors (Lipinski definition) is 4. The van der Waals surface area contributed by atoms with E-state index in [1.54, 1.807) is 0 Å². The normalized spacial score (nSPS) is 16.9. The van der Waals surface area contributed by atoms with Crippen LogP contribution in [-0.2, 0) is 19.2 Å². The van der Waals surface area contributed by atoms with Crippen molar-refractivity contribution in [3.63, 3.8) is 0 Å². The molecule has 0 saturated carbocycles. The highest BCUT2D eigenvalue weighted by Crippen LogP contribution is 2.30. The van der Waals surface area contributed by atoms with Crippen molar-refractivity contribution in [1.29, 1.82) is 0 Å². The molecular weight excluding hydrogens is 496 g/mol. The quantitative estimate of drug-likeness (QED) is 0.120. The van der Waals surface area contributed by atoms with E-state index in [-0.39, 0.29) is 23.5 Å². The SMILES string of the molecule is CSCC[C@H](N=C(N)CCCS[C@@H]1CC(=O)N(c2cccc(C(=O)NCC(=O)O)c2)C1=O)C(=O)O. The second kappa shape index (κ2) is 13.7. The summed E-state index contributed by atoms with van der Waals surface area (Å²) in [7, 11) is 0. The molecule has 1 aliphatic rings. The number of anilines is 1. The third-order valence-corrected chi connectivity index (χ3v) is 6.91. The lowest BCUT2D eigenvalue weighted by molar-refractivity contribution is -0.138. The number of nitrogens with one attached hydrogen (secondary N) is 1. The number of nitrogens with two attached hydrogens (primary N) is 1. The van der Waals surface area contributed by atoms with Gasteiger partial charge >= 0.3 is 11.9 Å². The minimum atomic E-state index is -1.19. The summed E-state index contributed by atoms with van der Waals surface area (Å²) in [4.78, 5) is 64.5. The van der Waals surface area contributed by atoms with Crippen LogP contribution in [0.3, 0.4) is 0 Å². The maximum Gasteiger partial charge on any atom is 0.328 e. The third kappa shape index (κ3) is 8.58. The van der Waals surface area contributed by atoms with Crippen LogP contribution < -0.4 is 16.0 Å². The van der Waals surface area contributed by atoms with Crippen LogP contribution in [0.15, 0.2) is 29.3 Å². The molecule has 35 heavy (non-hydrogen) atoms. The number of benzene rings is 1. The van der Waals surface area contributed by atoms with Crippen LogP contribution in [0.5, 0.6) is 0 Å². The molecule has 0 spiro atoms. The number of carbonyl (C=O) groups is 5. The fourth-order valence-corrected chi connectivity index (χ4v) is 4.83. The number of aliphatic imine (C=N–C) groups is 1. The summed E-state index contributed by atoms with van der Waals surface area (Å²) in [5.41, 5.74) is 6.25. The number of carboxylic acid groups (broad SMARTS) is 2. The lowest BCUT2D eigenvalue weighted by Gasteiger charge is -2.16. The van der Waals surface area contributed by atoms with Gasteiger partial charge in [0.2, 0.25) is 11.8 Å². The Morgan fingerprint density at radius 3 is 2.66 bits per heavy atom. The smallest absolute Gasteiger partial charge is 0.328 e. The highest BCUT2D eigenvalue weighted by molar-refractivity contribution is 8.00. The molecule has 1 aromatic carbocycles. The van der Waals surface area contributed by atoms with E-state index in [9.17, 15) is 29.1 Å². The minimum absolute atomic E-state index is 0.0122. The number of carbonyl (C=O) groups excluding carboxylic acids is 3. The molecular formula is C22H28N4O7S2. The van der Waals surface area contributed by atoms with Gasteiger partial charge in [-0.25, -0.2) is 9.69 Å². The van der Waals surface area contributed by atoms with Crippen LogP contribution in [0.1, 0.15) is 36.0 Å². The average molecular weight is 525 g/mol. The van der Waals surface area contributed by atoms with E-state index in [2.05, 4.69) is 10.3 Å². The Morgan fingerprint density at radius 1 is 1.26 bits per heavy atom. The zero-order chi connectivity index (χ0) is 26.0. The van der Waals surface area contributed by atoms with Gasteiger partial charge in [0.25, 0.3) is 5.91 Å². The minimum Gasteiger partial charge on any atom is -0.480 e. The number of hydrogen-bond acceptors (Lipinski definition) is 8. The van der Waals surface area contributed by atoms with Crippen molar-refractivity contribution in [3.8, 4) is 0 Å². The van der Waals surface area contributed by atoms with Gasteiger partial charge in [0.05, 0.1) is 16.8 Å². The number of amides is 3. The first kappa shape index (κ1) is 28.2. The van der Waals surface area contributed by atoms with Gasteiger partial charge in [-0.15, -0.1) is 11.8 Å². The molecule has 1 saturated heterocycles. The largest absolute Gasteiger partial charge is 0.480 e. The van der Waals surface area contributed by atoms with Crippen LogP contribution in [0, 0.1) is 0 Å². The molecule has 0 bridgehead atoms. The summed E-state index contributed by atoms with van der Waals surface area (Å²) in [5.74, 6) is -2.20. The first-order chi connectivity index (χ1) is 16.6. The van der Waals surface area contributed by atoms with E-state index < -0.39 is 47.5 Å². The van der Waals surface area contributed by atoms with E-state index in [1.807, 2.05) is 6.26 Å². The number of imide groups is 1. The fourth-order valence-electron chi connectivity index (χ4n) is 3.27. The Morgan fingerprint density at radius 2 is 2.00 bits per heavy atom. The van der Waals surface area contributed by atoms with E-state index in [0.717, 1.165) is 4.90 Å². The number of carboxylic acids is 2. The molecule has 13 heteroatoms. The molecule has 1 heterocycles. The first-order valence-electron chi connectivity index (χ1n) is 10.8. The Kier molecular flexibility index (Phi) is 11.1. The lowest BCUT2D eigenvalue weighted by atomic mass is 10.1. The van der Waals surface area contributed by atoms with Crippen LogP contribution in [0.4, 0.5) is 5.69 Å². The summed E-state index contributed by atoms with van der Waals surface area (Å²) in [5, 5.41) is 19.6. The molecule has 1 fully saturated rings. The molecule has 0 radical (unpaired) electrons. The van der Waals surface area contributed by atoms with Crippen molar-refractivity contribution >= 4 is 64.7 Å². The van der Waals surface area contributed by atoms with E-state index >= 15 is 0 Å². The maximum atomic E-state index is 12.9. The zero-order valence-electron chi connectivity index (χ0n) is 19.1. The number of rotatable bonds is 14. The molecule has 11 nitrogen and oxygen atoms in total. The van der Waals surface area contributed by atoms with Gasteiger partial charge < -0.3 is 21.3 Å². The first-order valence-corrected chi connectivity index (χ1v) is 13.2. The van der Waals surface area contributed by atoms with Gasteiger partial charge in [-0.1, -0.05) is 6.07 Å². The summed E-state index contributed by atoms with van der Waals surface area (Å²) < 4.78 is 0. The molecule has 1 aliphatic heterocycles. The summed E-state index contributed by atoms with van der Waals surface area (Å²) in [6, 6.07) is 4.99. The predicted molar refractivity (Wildman–Crippen MR) is 135 cm³/mol. The molecule has 190 valence electrons. The van der Waals surface area contributed by atoms with Crippen molar-refractivity contribution in [3.05, 3.63) is 29.8 Å². The molecule has 5 N–H and O–H groups in total. The highest BCUT2D eigenvalue weighted by atomic mass is 32.2. The summed E-state index contributed by atoms with van der Waals surface area (Å²) in [6.45, 7) is -0.548. The van der Waals surface area contributed by atoms with Crippen LogP contribution in [0.2, 0.25) is 0 Å². The highest BCUT2D eigenvalue weighted by Gasteiger charge is 2.39. The van der Waals surface area contributed by atoms with Gasteiger partial charge in [-0.05, 0) is 48.8 Å². The Hall–Kier alpha value is -3.06. The molecule has 0 aliphatic carbocycles. The molecule has 2 atom stereocenters. The average Bonchev–Trinajstić information content (AvgIpc) is 3.10. The molecule has 0 unspecified atom stereocenters. The molecule has 2 rings (SSSR count). The molecule has 3 amide bonds. The fraction of sp³-hybridized carbons (Fsp3) is 0.455. The summed E-state index contributed by atoms with van der Waals surface area (Å²) >= 11 is 2.84. The number of aliphatic carboxylic acids is 2.